The zero-order valence-corrected chi connectivity index (χ0v) is 5.28. The second kappa shape index (κ2) is 3.72. The second-order valence-electron chi connectivity index (χ2n) is 1.42. The van der Waals surface area contributed by atoms with Crippen molar-refractivity contribution in [3.63, 3.8) is 0 Å². The Hall–Kier alpha value is -0.460. The first-order valence-electron chi connectivity index (χ1n) is 2.68. The van der Waals surface area contributed by atoms with Gasteiger partial charge in [-0.1, -0.05) is 13.0 Å². The van der Waals surface area contributed by atoms with E-state index in [1.807, 2.05) is 14.0 Å². The van der Waals surface area contributed by atoms with Crippen molar-refractivity contribution in [1.82, 2.24) is 5.32 Å². The van der Waals surface area contributed by atoms with Gasteiger partial charge in [-0.3, -0.25) is 0 Å². The van der Waals surface area contributed by atoms with Crippen molar-refractivity contribution in [3.8, 4) is 0 Å². The van der Waals surface area contributed by atoms with E-state index in [2.05, 4.69) is 18.3 Å². The maximum Gasteiger partial charge on any atom is 0.00579 e. The molecule has 0 fully saturated rings. The molecular formula is C6H17N. The van der Waals surface area contributed by atoms with E-state index >= 15 is 0 Å². The van der Waals surface area contributed by atoms with Crippen LogP contribution in [0.2, 0.25) is 0 Å². The Bertz CT molecular complexity index is 65.5. The first-order valence-corrected chi connectivity index (χ1v) is 2.68. The molecule has 0 bridgehead atoms. The van der Waals surface area contributed by atoms with Crippen molar-refractivity contribution in [3.05, 3.63) is 11.8 Å². The Kier molecular flexibility index (Phi) is 3.48. The molecule has 0 aromatic rings. The highest BCUT2D eigenvalue weighted by Crippen LogP contribution is 1.90. The van der Waals surface area contributed by atoms with Crippen LogP contribution in [-0.2, 0) is 0 Å². The summed E-state index contributed by atoms with van der Waals surface area (Å²) in [6.07, 6.45) is 3.19. The number of allylic oxidation sites excluding steroid dienone is 2. The van der Waals surface area contributed by atoms with Crippen LogP contribution in [-0.4, -0.2) is 7.05 Å². The largest absolute Gasteiger partial charge is 0.392 e. The lowest BCUT2D eigenvalue weighted by molar-refractivity contribution is 0.896. The molecule has 0 aromatic carbocycles. The molecule has 1 nitrogen and oxygen atoms in total. The van der Waals surface area contributed by atoms with Crippen LogP contribution < -0.4 is 5.32 Å². The van der Waals surface area contributed by atoms with Crippen LogP contribution in [0.25, 0.3) is 0 Å². The van der Waals surface area contributed by atoms with Gasteiger partial charge in [0.05, 0.1) is 0 Å². The Morgan fingerprint density at radius 2 is 2.43 bits per heavy atom. The third-order valence-electron chi connectivity index (χ3n) is 1.05. The quantitative estimate of drug-likeness (QED) is 0.563. The molecule has 0 spiro atoms. The SMILES string of the molecule is C/C=C(/CC)NC.[HH].[HH]. The Balaban J connectivity index is -0.000000180. The van der Waals surface area contributed by atoms with Crippen LogP contribution in [0.1, 0.15) is 23.1 Å². The van der Waals surface area contributed by atoms with Gasteiger partial charge in [0.15, 0.2) is 0 Å². The van der Waals surface area contributed by atoms with Gasteiger partial charge in [0.2, 0.25) is 0 Å². The normalized spacial score (nSPS) is 11.6. The topological polar surface area (TPSA) is 12.0 Å². The summed E-state index contributed by atoms with van der Waals surface area (Å²) >= 11 is 0. The van der Waals surface area contributed by atoms with Crippen molar-refractivity contribution in [2.75, 3.05) is 7.05 Å². The molecule has 0 aliphatic rings. The van der Waals surface area contributed by atoms with Gasteiger partial charge < -0.3 is 5.32 Å². The molecule has 7 heavy (non-hydrogen) atoms. The van der Waals surface area contributed by atoms with Crippen LogP contribution in [0.4, 0.5) is 0 Å². The van der Waals surface area contributed by atoms with Crippen molar-refractivity contribution in [2.24, 2.45) is 0 Å². The van der Waals surface area contributed by atoms with Gasteiger partial charge in [-0.25, -0.2) is 0 Å². The fourth-order valence-corrected chi connectivity index (χ4v) is 0.525. The van der Waals surface area contributed by atoms with Gasteiger partial charge in [-0.05, 0) is 13.3 Å². The zero-order chi connectivity index (χ0) is 5.70. The summed E-state index contributed by atoms with van der Waals surface area (Å²) < 4.78 is 0. The number of hydrogen-bond donors (Lipinski definition) is 1. The van der Waals surface area contributed by atoms with Gasteiger partial charge in [-0.15, -0.1) is 0 Å². The average Bonchev–Trinajstić information content (AvgIpc) is 1.72. The Morgan fingerprint density at radius 1 is 1.86 bits per heavy atom. The summed E-state index contributed by atoms with van der Waals surface area (Å²) in [4.78, 5) is 0. The van der Waals surface area contributed by atoms with Crippen LogP contribution in [0.15, 0.2) is 11.8 Å². The highest BCUT2D eigenvalue weighted by Gasteiger charge is 1.79. The Labute approximate surface area is 48.4 Å². The van der Waals surface area contributed by atoms with E-state index in [0.717, 1.165) is 6.42 Å². The molecular weight excluding hydrogens is 86.1 g/mol. The molecule has 0 rings (SSSR count). The molecule has 46 valence electrons. The second-order valence-corrected chi connectivity index (χ2v) is 1.42. The Morgan fingerprint density at radius 3 is 2.43 bits per heavy atom. The minimum Gasteiger partial charge on any atom is -0.392 e. The lowest BCUT2D eigenvalue weighted by atomic mass is 10.3. The minimum absolute atomic E-state index is 0. The first kappa shape index (κ1) is 6.54. The van der Waals surface area contributed by atoms with Crippen molar-refractivity contribution in [2.45, 2.75) is 20.3 Å². The minimum atomic E-state index is 0. The van der Waals surface area contributed by atoms with Crippen LogP contribution in [0, 0.1) is 0 Å². The van der Waals surface area contributed by atoms with Gasteiger partial charge in [0.1, 0.15) is 0 Å². The van der Waals surface area contributed by atoms with E-state index in [9.17, 15) is 0 Å². The summed E-state index contributed by atoms with van der Waals surface area (Å²) in [6.45, 7) is 4.17. The molecule has 0 aromatic heterocycles. The smallest absolute Gasteiger partial charge is 0.00579 e. The lowest BCUT2D eigenvalue weighted by Crippen LogP contribution is -2.02. The fraction of sp³-hybridized carbons (Fsp3) is 0.667. The zero-order valence-electron chi connectivity index (χ0n) is 5.28. The predicted molar refractivity (Wildman–Crippen MR) is 37.3 cm³/mol. The number of rotatable bonds is 2. The molecule has 0 atom stereocenters. The summed E-state index contributed by atoms with van der Waals surface area (Å²) in [5.41, 5.74) is 1.31. The number of hydrogen-bond acceptors (Lipinski definition) is 1. The van der Waals surface area contributed by atoms with Gasteiger partial charge in [-0.2, -0.15) is 0 Å². The van der Waals surface area contributed by atoms with Gasteiger partial charge in [0.25, 0.3) is 0 Å². The molecule has 0 saturated carbocycles. The third-order valence-corrected chi connectivity index (χ3v) is 1.05. The molecule has 0 heterocycles. The van der Waals surface area contributed by atoms with Gasteiger partial charge in [0, 0.05) is 15.6 Å². The molecule has 0 saturated heterocycles. The molecule has 1 heteroatoms. The molecule has 0 unspecified atom stereocenters. The number of nitrogens with one attached hydrogen (secondary N) is 1. The van der Waals surface area contributed by atoms with Crippen molar-refractivity contribution in [1.29, 1.82) is 0 Å². The van der Waals surface area contributed by atoms with E-state index in [1.165, 1.54) is 5.70 Å². The first-order chi connectivity index (χ1) is 3.35. The monoisotopic (exact) mass is 103 g/mol. The van der Waals surface area contributed by atoms with E-state index in [4.69, 9.17) is 0 Å². The van der Waals surface area contributed by atoms with Crippen molar-refractivity contribution >= 4 is 0 Å². The highest BCUT2D eigenvalue weighted by molar-refractivity contribution is 4.94. The standard InChI is InChI=1S/C6H13N.2H2/c1-4-6(5-2)7-3;;/h4,7H,5H2,1-3H3;2*1H/b6-4-;;. The summed E-state index contributed by atoms with van der Waals surface area (Å²) in [7, 11) is 1.94. The molecule has 1 N–H and O–H groups in total. The van der Waals surface area contributed by atoms with Crippen LogP contribution in [0.3, 0.4) is 0 Å². The van der Waals surface area contributed by atoms with Gasteiger partial charge >= 0.3 is 0 Å². The summed E-state index contributed by atoms with van der Waals surface area (Å²) in [5, 5.41) is 3.06. The van der Waals surface area contributed by atoms with E-state index in [1.54, 1.807) is 0 Å². The maximum atomic E-state index is 3.06. The van der Waals surface area contributed by atoms with Crippen LogP contribution >= 0.6 is 0 Å². The lowest BCUT2D eigenvalue weighted by Gasteiger charge is -1.98. The molecule has 0 aliphatic heterocycles. The molecule has 0 aliphatic carbocycles. The third kappa shape index (κ3) is 2.26. The van der Waals surface area contributed by atoms with E-state index < -0.39 is 0 Å². The van der Waals surface area contributed by atoms with Crippen LogP contribution in [0.5, 0.6) is 0 Å². The fourth-order valence-electron chi connectivity index (χ4n) is 0.525. The van der Waals surface area contributed by atoms with E-state index in [-0.39, 0.29) is 2.85 Å². The molecule has 0 amide bonds. The summed E-state index contributed by atoms with van der Waals surface area (Å²) in [6, 6.07) is 0. The van der Waals surface area contributed by atoms with Crippen molar-refractivity contribution < 1.29 is 2.85 Å². The highest BCUT2D eigenvalue weighted by atomic mass is 14.8. The maximum absolute atomic E-state index is 3.06. The average molecular weight is 103 g/mol. The predicted octanol–water partition coefficient (Wildman–Crippen LogP) is 2.01. The van der Waals surface area contributed by atoms with E-state index in [0.29, 0.717) is 0 Å². The molecule has 0 radical (unpaired) electrons. The summed E-state index contributed by atoms with van der Waals surface area (Å²) in [5.74, 6) is 0.